The maximum absolute atomic E-state index is 12.6. The van der Waals surface area contributed by atoms with Gasteiger partial charge in [-0.25, -0.2) is 0 Å². The van der Waals surface area contributed by atoms with Gasteiger partial charge in [0.25, 0.3) is 0 Å². The standard InChI is InChI=1S/C42H74O6/c1-4-6-8-10-12-14-16-18-20-22-24-26-28-30-32-34-40(44)47-42(46,38-39(3)36-37-43)48-41(45)35-33-31-29-27-25-23-21-19-17-15-13-11-9-7-5-2/h12-15,18-21,39,43,46H,4-11,16-17,22-38H2,1-3H3/b14-12-,15-13-,20-18-,21-19-. The van der Waals surface area contributed by atoms with Crippen molar-refractivity contribution in [3.8, 4) is 0 Å². The molecule has 0 fully saturated rings. The van der Waals surface area contributed by atoms with E-state index in [1.165, 1.54) is 51.4 Å². The number of aliphatic hydroxyl groups excluding tert-OH is 1. The van der Waals surface area contributed by atoms with Crippen LogP contribution < -0.4 is 0 Å². The summed E-state index contributed by atoms with van der Waals surface area (Å²) < 4.78 is 10.7. The molecule has 0 saturated heterocycles. The molecular weight excluding hydrogens is 600 g/mol. The Balaban J connectivity index is 4.20. The third-order valence-electron chi connectivity index (χ3n) is 8.44. The molecule has 1 unspecified atom stereocenters. The molecule has 2 N–H and O–H groups in total. The number of rotatable bonds is 34. The molecule has 48 heavy (non-hydrogen) atoms. The van der Waals surface area contributed by atoms with E-state index in [1.807, 2.05) is 6.92 Å². The second kappa shape index (κ2) is 34.7. The van der Waals surface area contributed by atoms with Gasteiger partial charge in [-0.2, -0.15) is 0 Å². The fourth-order valence-electron chi connectivity index (χ4n) is 5.49. The van der Waals surface area contributed by atoms with E-state index in [2.05, 4.69) is 62.5 Å². The highest BCUT2D eigenvalue weighted by molar-refractivity contribution is 5.71. The van der Waals surface area contributed by atoms with Gasteiger partial charge in [0.2, 0.25) is 0 Å². The van der Waals surface area contributed by atoms with Crippen LogP contribution in [0.15, 0.2) is 48.6 Å². The first kappa shape index (κ1) is 45.8. The van der Waals surface area contributed by atoms with Crippen LogP contribution in [0.5, 0.6) is 0 Å². The van der Waals surface area contributed by atoms with Gasteiger partial charge in [-0.05, 0) is 89.4 Å². The molecular formula is C42H74O6. The van der Waals surface area contributed by atoms with Crippen LogP contribution in [-0.2, 0) is 19.1 Å². The number of ether oxygens (including phenoxy) is 2. The van der Waals surface area contributed by atoms with Crippen molar-refractivity contribution >= 4 is 11.9 Å². The van der Waals surface area contributed by atoms with Gasteiger partial charge in [0.05, 0.1) is 6.42 Å². The smallest absolute Gasteiger partial charge is 0.373 e. The van der Waals surface area contributed by atoms with Crippen LogP contribution in [0.1, 0.15) is 188 Å². The highest BCUT2D eigenvalue weighted by Gasteiger charge is 2.37. The zero-order valence-electron chi connectivity index (χ0n) is 31.3. The topological polar surface area (TPSA) is 93.1 Å². The summed E-state index contributed by atoms with van der Waals surface area (Å²) in [6.07, 6.45) is 42.7. The van der Waals surface area contributed by atoms with Gasteiger partial charge in [-0.15, -0.1) is 0 Å². The first-order chi connectivity index (χ1) is 23.4. The molecule has 6 heteroatoms. The van der Waals surface area contributed by atoms with Gasteiger partial charge < -0.3 is 19.7 Å². The Morgan fingerprint density at radius 3 is 1.29 bits per heavy atom. The summed E-state index contributed by atoms with van der Waals surface area (Å²) in [5.74, 6) is -3.61. The van der Waals surface area contributed by atoms with Crippen LogP contribution >= 0.6 is 0 Å². The van der Waals surface area contributed by atoms with Gasteiger partial charge in [0.15, 0.2) is 0 Å². The van der Waals surface area contributed by atoms with E-state index in [0.717, 1.165) is 77.0 Å². The molecule has 0 amide bonds. The average molecular weight is 675 g/mol. The first-order valence-electron chi connectivity index (χ1n) is 19.7. The summed E-state index contributed by atoms with van der Waals surface area (Å²) in [6.45, 7) is 6.22. The highest BCUT2D eigenvalue weighted by atomic mass is 16.8. The predicted octanol–water partition coefficient (Wildman–Crippen LogP) is 11.8. The number of carbonyl (C=O) groups is 2. The fourth-order valence-corrected chi connectivity index (χ4v) is 5.49. The number of carbonyl (C=O) groups excluding carboxylic acids is 2. The maximum Gasteiger partial charge on any atom is 0.373 e. The van der Waals surface area contributed by atoms with Crippen molar-refractivity contribution in [3.05, 3.63) is 48.6 Å². The van der Waals surface area contributed by atoms with E-state index in [9.17, 15) is 19.8 Å². The van der Waals surface area contributed by atoms with Gasteiger partial charge >= 0.3 is 17.9 Å². The van der Waals surface area contributed by atoms with E-state index in [1.54, 1.807) is 0 Å². The Morgan fingerprint density at radius 1 is 0.562 bits per heavy atom. The minimum atomic E-state index is -2.29. The largest absolute Gasteiger partial charge is 0.398 e. The van der Waals surface area contributed by atoms with Crippen molar-refractivity contribution in [1.29, 1.82) is 0 Å². The lowest BCUT2D eigenvalue weighted by Crippen LogP contribution is -2.41. The van der Waals surface area contributed by atoms with Crippen LogP contribution in [0, 0.1) is 5.92 Å². The maximum atomic E-state index is 12.6. The SMILES string of the molecule is CCCCC/C=C\C/C=C\CCCCCCCC(=O)OC(O)(CC(C)CCO)OC(=O)CCCCCCC/C=C\C/C=C\CCCCC. The number of aliphatic hydroxyl groups is 2. The lowest BCUT2D eigenvalue weighted by molar-refractivity contribution is -0.332. The fraction of sp³-hybridized carbons (Fsp3) is 0.762. The van der Waals surface area contributed by atoms with E-state index in [-0.39, 0.29) is 31.8 Å². The van der Waals surface area contributed by atoms with Crippen molar-refractivity contribution in [2.45, 2.75) is 194 Å². The summed E-state index contributed by atoms with van der Waals surface area (Å²) in [5.41, 5.74) is 0. The molecule has 6 nitrogen and oxygen atoms in total. The number of unbranched alkanes of at least 4 members (excludes halogenated alkanes) is 16. The van der Waals surface area contributed by atoms with E-state index >= 15 is 0 Å². The van der Waals surface area contributed by atoms with Crippen molar-refractivity contribution in [2.24, 2.45) is 5.92 Å². The Kier molecular flexibility index (Phi) is 33.1. The minimum Gasteiger partial charge on any atom is -0.398 e. The quantitative estimate of drug-likeness (QED) is 0.0305. The van der Waals surface area contributed by atoms with Crippen molar-refractivity contribution in [2.75, 3.05) is 6.61 Å². The molecule has 0 aromatic carbocycles. The van der Waals surface area contributed by atoms with Crippen LogP contribution in [0.3, 0.4) is 0 Å². The molecule has 0 radical (unpaired) electrons. The zero-order valence-corrected chi connectivity index (χ0v) is 31.3. The van der Waals surface area contributed by atoms with E-state index in [4.69, 9.17) is 9.47 Å². The molecule has 0 aromatic rings. The first-order valence-corrected chi connectivity index (χ1v) is 19.7. The third kappa shape index (κ3) is 32.4. The Hall–Kier alpha value is -2.18. The molecule has 0 spiro atoms. The number of allylic oxidation sites excluding steroid dienone is 8. The Bertz CT molecular complexity index is 798. The molecule has 0 aliphatic carbocycles. The second-order valence-electron chi connectivity index (χ2n) is 13.4. The van der Waals surface area contributed by atoms with E-state index in [0.29, 0.717) is 19.3 Å². The van der Waals surface area contributed by atoms with Crippen LogP contribution in [0.25, 0.3) is 0 Å². The summed E-state index contributed by atoms with van der Waals surface area (Å²) in [5, 5.41) is 20.3. The molecule has 0 heterocycles. The highest BCUT2D eigenvalue weighted by Crippen LogP contribution is 2.25. The monoisotopic (exact) mass is 675 g/mol. The lowest BCUT2D eigenvalue weighted by Gasteiger charge is -2.29. The summed E-state index contributed by atoms with van der Waals surface area (Å²) >= 11 is 0. The van der Waals surface area contributed by atoms with E-state index < -0.39 is 17.9 Å². The predicted molar refractivity (Wildman–Crippen MR) is 201 cm³/mol. The molecule has 0 aliphatic rings. The van der Waals surface area contributed by atoms with Crippen molar-refractivity contribution < 1.29 is 29.3 Å². The van der Waals surface area contributed by atoms with Crippen molar-refractivity contribution in [3.63, 3.8) is 0 Å². The second-order valence-corrected chi connectivity index (χ2v) is 13.4. The molecule has 0 rings (SSSR count). The lowest BCUT2D eigenvalue weighted by atomic mass is 10.0. The van der Waals surface area contributed by atoms with Crippen molar-refractivity contribution in [1.82, 2.24) is 0 Å². The van der Waals surface area contributed by atoms with Crippen LogP contribution in [0.2, 0.25) is 0 Å². The van der Waals surface area contributed by atoms with Gasteiger partial charge in [-0.3, -0.25) is 9.59 Å². The normalized spacial score (nSPS) is 13.0. The number of hydrogen-bond acceptors (Lipinski definition) is 6. The summed E-state index contributed by atoms with van der Waals surface area (Å²) in [7, 11) is 0. The minimum absolute atomic E-state index is 0.0585. The molecule has 0 aromatic heterocycles. The van der Waals surface area contributed by atoms with Crippen LogP contribution in [-0.4, -0.2) is 34.7 Å². The summed E-state index contributed by atoms with van der Waals surface area (Å²) in [4.78, 5) is 25.2. The molecule has 278 valence electrons. The summed E-state index contributed by atoms with van der Waals surface area (Å²) in [6, 6.07) is 0. The molecule has 0 aliphatic heterocycles. The third-order valence-corrected chi connectivity index (χ3v) is 8.44. The number of esters is 2. The Labute approximate surface area is 295 Å². The molecule has 0 bridgehead atoms. The number of hydrogen-bond donors (Lipinski definition) is 2. The van der Waals surface area contributed by atoms with Gasteiger partial charge in [0.1, 0.15) is 0 Å². The zero-order chi connectivity index (χ0) is 35.4. The van der Waals surface area contributed by atoms with Gasteiger partial charge in [0, 0.05) is 19.4 Å². The molecule has 1 atom stereocenters. The molecule has 0 saturated carbocycles. The average Bonchev–Trinajstić information content (AvgIpc) is 3.04. The van der Waals surface area contributed by atoms with Crippen LogP contribution in [0.4, 0.5) is 0 Å². The van der Waals surface area contributed by atoms with Gasteiger partial charge in [-0.1, -0.05) is 134 Å². The Morgan fingerprint density at radius 2 is 0.917 bits per heavy atom.